The summed E-state index contributed by atoms with van der Waals surface area (Å²) in [6.07, 6.45) is 3.09. The summed E-state index contributed by atoms with van der Waals surface area (Å²) in [6.45, 7) is 6.22. The number of ketones is 1. The number of amidine groups is 1. The number of hydrogen-bond acceptors (Lipinski definition) is 4. The van der Waals surface area contributed by atoms with Gasteiger partial charge in [0, 0.05) is 50.4 Å². The summed E-state index contributed by atoms with van der Waals surface area (Å²) in [6, 6.07) is 23.0. The maximum absolute atomic E-state index is 14.0. The van der Waals surface area contributed by atoms with Gasteiger partial charge in [-0.1, -0.05) is 49.7 Å². The van der Waals surface area contributed by atoms with E-state index in [1.165, 1.54) is 0 Å². The Bertz CT molecular complexity index is 1490. The average molecular weight is 543 g/mol. The van der Waals surface area contributed by atoms with E-state index < -0.39 is 5.92 Å². The number of Topliss-reactive ketones (excluding diaryl/α,β-unsaturated/α-hetero) is 1. The quantitative estimate of drug-likeness (QED) is 0.256. The number of carbonyl (C=O) groups is 1. The number of carbonyl (C=O) groups excluding carboxylic acids is 1. The maximum Gasteiger partial charge on any atom is 0.162 e. The Kier molecular flexibility index (Phi) is 7.01. The summed E-state index contributed by atoms with van der Waals surface area (Å²) in [5, 5.41) is 21.9. The number of thioether (sulfide) groups is 1. The van der Waals surface area contributed by atoms with Gasteiger partial charge in [-0.2, -0.15) is 0 Å². The van der Waals surface area contributed by atoms with Crippen LogP contribution in [0.3, 0.4) is 0 Å². The van der Waals surface area contributed by atoms with Crippen LogP contribution in [-0.2, 0) is 4.79 Å². The van der Waals surface area contributed by atoms with Crippen molar-refractivity contribution in [2.24, 2.45) is 5.41 Å². The Morgan fingerprint density at radius 1 is 1.05 bits per heavy atom. The third-order valence-electron chi connectivity index (χ3n) is 7.30. The molecule has 0 radical (unpaired) electrons. The first-order chi connectivity index (χ1) is 18.1. The molecule has 0 amide bonds. The van der Waals surface area contributed by atoms with Crippen LogP contribution < -0.4 is 4.90 Å². The van der Waals surface area contributed by atoms with Crippen molar-refractivity contribution in [2.45, 2.75) is 44.4 Å². The van der Waals surface area contributed by atoms with Crippen LogP contribution in [0.4, 0.5) is 5.69 Å². The minimum Gasteiger partial charge on any atom is -0.507 e. The fourth-order valence-corrected chi connectivity index (χ4v) is 6.09. The number of allylic oxidation sites excluding steroid dienone is 2. The van der Waals surface area contributed by atoms with Gasteiger partial charge in [0.25, 0.3) is 0 Å². The zero-order valence-corrected chi connectivity index (χ0v) is 23.6. The van der Waals surface area contributed by atoms with Gasteiger partial charge in [0.15, 0.2) is 5.78 Å². The summed E-state index contributed by atoms with van der Waals surface area (Å²) in [7, 11) is 0. The van der Waals surface area contributed by atoms with Crippen LogP contribution >= 0.6 is 23.4 Å². The first-order valence-corrected chi connectivity index (χ1v) is 14.2. The van der Waals surface area contributed by atoms with E-state index in [1.807, 2.05) is 66.6 Å². The van der Waals surface area contributed by atoms with Crippen molar-refractivity contribution in [3.05, 3.63) is 111 Å². The number of anilines is 1. The molecule has 1 aliphatic heterocycles. The van der Waals surface area contributed by atoms with Crippen molar-refractivity contribution in [3.63, 3.8) is 0 Å². The van der Waals surface area contributed by atoms with E-state index in [9.17, 15) is 15.3 Å². The summed E-state index contributed by atoms with van der Waals surface area (Å²) >= 11 is 7.79. The molecular weight excluding hydrogens is 512 g/mol. The molecule has 0 fully saturated rings. The summed E-state index contributed by atoms with van der Waals surface area (Å²) in [4.78, 5) is 17.0. The molecule has 2 N–H and O–H groups in total. The lowest BCUT2D eigenvalue weighted by molar-refractivity contribution is -0.118. The molecule has 0 bridgehead atoms. The minimum absolute atomic E-state index is 0.0209. The third kappa shape index (κ3) is 4.81. The average Bonchev–Trinajstić information content (AvgIpc) is 2.87. The summed E-state index contributed by atoms with van der Waals surface area (Å²) in [5.41, 5.74) is 4.97. The molecule has 1 aliphatic carbocycles. The lowest BCUT2D eigenvalue weighted by atomic mass is 9.67. The SMILES string of the molecule is CSc1ccc(C2C3=C(CC(C)(C)CC3=O)N(c3cccc(C)c3)C(=N)/C2=C(/O)c2ccc(Cl)cc2)cc1. The van der Waals surface area contributed by atoms with E-state index in [4.69, 9.17) is 11.6 Å². The van der Waals surface area contributed by atoms with E-state index in [0.29, 0.717) is 34.6 Å². The number of rotatable bonds is 4. The second-order valence-corrected chi connectivity index (χ2v) is 12.1. The van der Waals surface area contributed by atoms with Gasteiger partial charge in [0.05, 0.1) is 0 Å². The molecule has 3 aromatic carbocycles. The Morgan fingerprint density at radius 2 is 1.74 bits per heavy atom. The van der Waals surface area contributed by atoms with Crippen molar-refractivity contribution in [2.75, 3.05) is 11.2 Å². The highest BCUT2D eigenvalue weighted by atomic mass is 35.5. The fourth-order valence-electron chi connectivity index (χ4n) is 5.56. The van der Waals surface area contributed by atoms with Crippen LogP contribution in [-0.4, -0.2) is 23.0 Å². The maximum atomic E-state index is 14.0. The van der Waals surface area contributed by atoms with Gasteiger partial charge in [0.2, 0.25) is 0 Å². The number of benzene rings is 3. The van der Waals surface area contributed by atoms with Crippen LogP contribution in [0, 0.1) is 17.7 Å². The van der Waals surface area contributed by atoms with Crippen LogP contribution in [0.15, 0.2) is 94.5 Å². The molecule has 0 spiro atoms. The highest BCUT2D eigenvalue weighted by Gasteiger charge is 2.46. The Balaban J connectivity index is 1.84. The second-order valence-electron chi connectivity index (χ2n) is 10.8. The number of aryl methyl sites for hydroxylation is 1. The van der Waals surface area contributed by atoms with Gasteiger partial charge in [-0.3, -0.25) is 15.1 Å². The second kappa shape index (κ2) is 10.1. The van der Waals surface area contributed by atoms with Gasteiger partial charge in [-0.25, -0.2) is 0 Å². The molecule has 4 nitrogen and oxygen atoms in total. The lowest BCUT2D eigenvalue weighted by Crippen LogP contribution is -2.45. The highest BCUT2D eigenvalue weighted by Crippen LogP contribution is 2.51. The van der Waals surface area contributed by atoms with Crippen LogP contribution in [0.25, 0.3) is 5.76 Å². The molecule has 1 heterocycles. The summed E-state index contributed by atoms with van der Waals surface area (Å²) in [5.74, 6) is -0.353. The van der Waals surface area contributed by atoms with Crippen molar-refractivity contribution in [1.29, 1.82) is 5.41 Å². The molecule has 0 saturated heterocycles. The summed E-state index contributed by atoms with van der Waals surface area (Å²) < 4.78 is 0. The molecule has 1 unspecified atom stereocenters. The van der Waals surface area contributed by atoms with E-state index in [-0.39, 0.29) is 22.8 Å². The molecular formula is C32H31ClN2O2S. The lowest BCUT2D eigenvalue weighted by Gasteiger charge is -2.45. The number of aliphatic hydroxyl groups is 1. The molecule has 1 atom stereocenters. The van der Waals surface area contributed by atoms with E-state index in [2.05, 4.69) is 13.8 Å². The van der Waals surface area contributed by atoms with Crippen molar-refractivity contribution in [3.8, 4) is 0 Å². The monoisotopic (exact) mass is 542 g/mol. The third-order valence-corrected chi connectivity index (χ3v) is 8.30. The van der Waals surface area contributed by atoms with Gasteiger partial charge < -0.3 is 5.11 Å². The molecule has 38 heavy (non-hydrogen) atoms. The molecule has 6 heteroatoms. The fraction of sp³-hybridized carbons (Fsp3) is 0.250. The smallest absolute Gasteiger partial charge is 0.162 e. The van der Waals surface area contributed by atoms with Crippen molar-refractivity contribution >= 4 is 46.4 Å². The topological polar surface area (TPSA) is 64.4 Å². The van der Waals surface area contributed by atoms with Gasteiger partial charge in [-0.15, -0.1) is 11.8 Å². The van der Waals surface area contributed by atoms with E-state index in [1.54, 1.807) is 36.0 Å². The molecule has 194 valence electrons. The zero-order valence-electron chi connectivity index (χ0n) is 22.0. The van der Waals surface area contributed by atoms with Gasteiger partial charge >= 0.3 is 0 Å². The molecule has 0 aromatic heterocycles. The number of hydrogen-bond donors (Lipinski definition) is 2. The zero-order chi connectivity index (χ0) is 27.2. The highest BCUT2D eigenvalue weighted by molar-refractivity contribution is 7.98. The van der Waals surface area contributed by atoms with E-state index in [0.717, 1.165) is 27.4 Å². The predicted octanol–water partition coefficient (Wildman–Crippen LogP) is 8.56. The first kappa shape index (κ1) is 26.3. The Labute approximate surface area is 233 Å². The molecule has 5 rings (SSSR count). The standard InChI is InChI=1S/C32H31ClN2O2S/c1-19-6-5-7-23(16-19)35-25-17-32(2,3)18-26(36)28(25)27(20-10-14-24(38-4)15-11-20)29(31(35)34)30(37)21-8-12-22(33)13-9-21/h5-16,27,34,37H,17-18H2,1-4H3/b30-29+,34-31?. The normalized spacial score (nSPS) is 20.4. The number of nitrogens with one attached hydrogen (secondary N) is 1. The molecule has 2 aliphatic rings. The van der Waals surface area contributed by atoms with Crippen LogP contribution in [0.2, 0.25) is 5.02 Å². The largest absolute Gasteiger partial charge is 0.507 e. The van der Waals surface area contributed by atoms with Gasteiger partial charge in [-0.05, 0) is 84.7 Å². The molecule has 0 saturated carbocycles. The number of halogens is 1. The van der Waals surface area contributed by atoms with Crippen LogP contribution in [0.5, 0.6) is 0 Å². The first-order valence-electron chi connectivity index (χ1n) is 12.6. The number of nitrogens with zero attached hydrogens (tertiary/aromatic N) is 1. The predicted molar refractivity (Wildman–Crippen MR) is 158 cm³/mol. The van der Waals surface area contributed by atoms with Gasteiger partial charge in [0.1, 0.15) is 11.6 Å². The minimum atomic E-state index is -0.561. The Morgan fingerprint density at radius 3 is 2.37 bits per heavy atom. The number of aliphatic hydroxyl groups excluding tert-OH is 1. The molecule has 3 aromatic rings. The van der Waals surface area contributed by atoms with Crippen molar-refractivity contribution in [1.82, 2.24) is 0 Å². The van der Waals surface area contributed by atoms with Crippen LogP contribution in [0.1, 0.15) is 49.3 Å². The van der Waals surface area contributed by atoms with E-state index >= 15 is 0 Å². The Hall–Kier alpha value is -3.28. The van der Waals surface area contributed by atoms with Crippen molar-refractivity contribution < 1.29 is 9.90 Å².